The summed E-state index contributed by atoms with van der Waals surface area (Å²) in [5.74, 6) is 0.805. The predicted octanol–water partition coefficient (Wildman–Crippen LogP) is 3.81. The van der Waals surface area contributed by atoms with E-state index in [0.717, 1.165) is 27.9 Å². The summed E-state index contributed by atoms with van der Waals surface area (Å²) >= 11 is 1.65. The van der Waals surface area contributed by atoms with Gasteiger partial charge in [-0.15, -0.1) is 35.3 Å². The lowest BCUT2D eigenvalue weighted by Gasteiger charge is -2.21. The van der Waals surface area contributed by atoms with Crippen molar-refractivity contribution < 1.29 is 4.79 Å². The molecule has 0 saturated heterocycles. The quantitative estimate of drug-likeness (QED) is 0.310. The highest BCUT2D eigenvalue weighted by Crippen LogP contribution is 2.11. The van der Waals surface area contributed by atoms with Gasteiger partial charge in [-0.3, -0.25) is 4.99 Å². The molecule has 0 aliphatic carbocycles. The topological polar surface area (TPSA) is 81.6 Å². The number of anilines is 1. The highest BCUT2D eigenvalue weighted by atomic mass is 127. The van der Waals surface area contributed by atoms with Crippen LogP contribution in [0.2, 0.25) is 0 Å². The van der Waals surface area contributed by atoms with Gasteiger partial charge in [-0.05, 0) is 38.5 Å². The smallest absolute Gasteiger partial charge is 0.319 e. The number of halogens is 1. The van der Waals surface area contributed by atoms with Crippen molar-refractivity contribution in [2.75, 3.05) is 19.4 Å². The van der Waals surface area contributed by atoms with Crippen LogP contribution in [0, 0.1) is 6.92 Å². The largest absolute Gasteiger partial charge is 0.352 e. The fourth-order valence-electron chi connectivity index (χ4n) is 2.50. The fraction of sp³-hybridized carbons (Fsp3) is 0.421. The molecule has 2 aromatic rings. The first kappa shape index (κ1) is 24.2. The molecule has 0 radical (unpaired) electrons. The molecule has 2 amide bonds. The fourth-order valence-corrected chi connectivity index (χ4v) is 3.10. The minimum absolute atomic E-state index is 0. The van der Waals surface area contributed by atoms with Crippen LogP contribution in [0.5, 0.6) is 0 Å². The molecule has 7 nitrogen and oxygen atoms in total. The minimum atomic E-state index is -0.199. The van der Waals surface area contributed by atoms with E-state index in [1.807, 2.05) is 57.0 Å². The van der Waals surface area contributed by atoms with Gasteiger partial charge in [0.1, 0.15) is 0 Å². The summed E-state index contributed by atoms with van der Waals surface area (Å²) in [5.41, 5.74) is 2.90. The van der Waals surface area contributed by atoms with Crippen molar-refractivity contribution in [3.05, 3.63) is 45.9 Å². The Hall–Kier alpha value is -1.88. The molecule has 0 spiro atoms. The molecule has 154 valence electrons. The number of guanidine groups is 1. The molecule has 1 aromatic heterocycles. The third-order valence-corrected chi connectivity index (χ3v) is 4.54. The number of aryl methyl sites for hydroxylation is 1. The monoisotopic (exact) mass is 516 g/mol. The molecule has 28 heavy (non-hydrogen) atoms. The molecule has 1 aromatic carbocycles. The van der Waals surface area contributed by atoms with Crippen molar-refractivity contribution in [1.29, 1.82) is 0 Å². The minimum Gasteiger partial charge on any atom is -0.352 e. The summed E-state index contributed by atoms with van der Waals surface area (Å²) in [6.45, 7) is 7.21. The van der Waals surface area contributed by atoms with Crippen molar-refractivity contribution in [3.63, 3.8) is 0 Å². The van der Waals surface area contributed by atoms with Gasteiger partial charge < -0.3 is 20.9 Å². The summed E-state index contributed by atoms with van der Waals surface area (Å²) in [6.07, 6.45) is 0. The van der Waals surface area contributed by atoms with E-state index in [1.165, 1.54) is 0 Å². The van der Waals surface area contributed by atoms with E-state index in [2.05, 4.69) is 31.3 Å². The van der Waals surface area contributed by atoms with Gasteiger partial charge in [0.15, 0.2) is 5.96 Å². The lowest BCUT2D eigenvalue weighted by molar-refractivity contribution is 0.250. The number of carbonyl (C=O) groups is 1. The normalized spacial score (nSPS) is 11.0. The van der Waals surface area contributed by atoms with Crippen LogP contribution in [-0.4, -0.2) is 42.0 Å². The third-order valence-electron chi connectivity index (χ3n) is 3.72. The van der Waals surface area contributed by atoms with Crippen LogP contribution in [0.1, 0.15) is 30.1 Å². The molecule has 0 saturated carbocycles. The average Bonchev–Trinajstić information content (AvgIpc) is 3.01. The van der Waals surface area contributed by atoms with Crippen LogP contribution in [-0.2, 0) is 13.1 Å². The lowest BCUT2D eigenvalue weighted by Crippen LogP contribution is -2.38. The first-order valence-corrected chi connectivity index (χ1v) is 9.74. The van der Waals surface area contributed by atoms with Gasteiger partial charge in [0, 0.05) is 37.7 Å². The molecular formula is C19H29IN6OS. The van der Waals surface area contributed by atoms with Crippen LogP contribution in [0.4, 0.5) is 10.5 Å². The van der Waals surface area contributed by atoms with Crippen molar-refractivity contribution in [2.24, 2.45) is 4.99 Å². The summed E-state index contributed by atoms with van der Waals surface area (Å²) in [6, 6.07) is 7.65. The highest BCUT2D eigenvalue weighted by Gasteiger charge is 2.09. The highest BCUT2D eigenvalue weighted by molar-refractivity contribution is 14.0. The molecule has 0 aliphatic heterocycles. The molecule has 0 fully saturated rings. The number of urea groups is 1. The zero-order valence-corrected chi connectivity index (χ0v) is 20.1. The number of nitrogens with one attached hydrogen (secondary N) is 3. The molecule has 3 N–H and O–H groups in total. The van der Waals surface area contributed by atoms with Gasteiger partial charge in [-0.25, -0.2) is 9.78 Å². The second kappa shape index (κ2) is 11.8. The van der Waals surface area contributed by atoms with Crippen LogP contribution in [0.3, 0.4) is 0 Å². The zero-order valence-electron chi connectivity index (χ0n) is 16.9. The lowest BCUT2D eigenvalue weighted by atomic mass is 10.2. The van der Waals surface area contributed by atoms with Crippen molar-refractivity contribution >= 4 is 53.0 Å². The predicted molar refractivity (Wildman–Crippen MR) is 128 cm³/mol. The Morgan fingerprint density at radius 3 is 2.50 bits per heavy atom. The Morgan fingerprint density at radius 2 is 1.96 bits per heavy atom. The Labute approximate surface area is 188 Å². The summed E-state index contributed by atoms with van der Waals surface area (Å²) in [4.78, 5) is 22.6. The number of hydrogen-bond donors (Lipinski definition) is 3. The first-order chi connectivity index (χ1) is 12.9. The van der Waals surface area contributed by atoms with E-state index in [0.29, 0.717) is 13.1 Å². The summed E-state index contributed by atoms with van der Waals surface area (Å²) in [7, 11) is 3.76. The van der Waals surface area contributed by atoms with Gasteiger partial charge in [-0.1, -0.05) is 12.1 Å². The van der Waals surface area contributed by atoms with E-state index in [1.54, 1.807) is 18.4 Å². The molecule has 0 atom stereocenters. The molecule has 2 rings (SSSR count). The second-order valence-corrected chi connectivity index (χ2v) is 7.63. The second-order valence-electron chi connectivity index (χ2n) is 6.56. The maximum Gasteiger partial charge on any atom is 0.319 e. The van der Waals surface area contributed by atoms with Gasteiger partial charge in [0.05, 0.1) is 17.2 Å². The van der Waals surface area contributed by atoms with Crippen molar-refractivity contribution in [2.45, 2.75) is 39.9 Å². The van der Waals surface area contributed by atoms with Crippen LogP contribution >= 0.6 is 35.3 Å². The molecule has 9 heteroatoms. The SMILES string of the molecule is CN=C(NCc1ccc(NC(=O)NC(C)C)cc1)N(C)Cc1csc(C)n1.I. The number of thiazole rings is 1. The number of hydrogen-bond acceptors (Lipinski definition) is 4. The van der Waals surface area contributed by atoms with Gasteiger partial charge >= 0.3 is 6.03 Å². The zero-order chi connectivity index (χ0) is 19.8. The Kier molecular flexibility index (Phi) is 10.2. The van der Waals surface area contributed by atoms with Crippen LogP contribution in [0.15, 0.2) is 34.6 Å². The molecule has 0 unspecified atom stereocenters. The van der Waals surface area contributed by atoms with E-state index in [9.17, 15) is 4.79 Å². The van der Waals surface area contributed by atoms with Gasteiger partial charge in [-0.2, -0.15) is 0 Å². The average molecular weight is 516 g/mol. The third kappa shape index (κ3) is 8.01. The number of nitrogens with zero attached hydrogens (tertiary/aromatic N) is 3. The number of benzene rings is 1. The van der Waals surface area contributed by atoms with Crippen molar-refractivity contribution in [3.8, 4) is 0 Å². The molecule has 0 aliphatic rings. The number of aliphatic imine (C=N–C) groups is 1. The number of amides is 2. The molecular weight excluding hydrogens is 487 g/mol. The maximum absolute atomic E-state index is 11.7. The van der Waals surface area contributed by atoms with Gasteiger partial charge in [0.2, 0.25) is 0 Å². The first-order valence-electron chi connectivity index (χ1n) is 8.86. The number of aromatic nitrogens is 1. The Bertz CT molecular complexity index is 775. The number of rotatable bonds is 6. The number of carbonyl (C=O) groups excluding carboxylic acids is 1. The van der Waals surface area contributed by atoms with Gasteiger partial charge in [0.25, 0.3) is 0 Å². The van der Waals surface area contributed by atoms with E-state index in [4.69, 9.17) is 0 Å². The standard InChI is InChI=1S/C19H28N6OS.HI/c1-13(2)22-19(26)24-16-8-6-15(7-9-16)10-21-18(20-4)25(5)11-17-12-27-14(3)23-17;/h6-9,12-13H,10-11H2,1-5H3,(H,20,21)(H2,22,24,26);1H. The van der Waals surface area contributed by atoms with Crippen molar-refractivity contribution in [1.82, 2.24) is 20.5 Å². The maximum atomic E-state index is 11.7. The molecule has 1 heterocycles. The Balaban J connectivity index is 0.00000392. The van der Waals surface area contributed by atoms with E-state index < -0.39 is 0 Å². The summed E-state index contributed by atoms with van der Waals surface area (Å²) in [5, 5.41) is 12.1. The molecule has 0 bridgehead atoms. The van der Waals surface area contributed by atoms with E-state index in [-0.39, 0.29) is 36.0 Å². The van der Waals surface area contributed by atoms with Crippen LogP contribution in [0.25, 0.3) is 0 Å². The summed E-state index contributed by atoms with van der Waals surface area (Å²) < 4.78 is 0. The van der Waals surface area contributed by atoms with E-state index >= 15 is 0 Å². The van der Waals surface area contributed by atoms with Crippen LogP contribution < -0.4 is 16.0 Å². The Morgan fingerprint density at radius 1 is 1.29 bits per heavy atom.